The molecule has 1 N–H and O–H groups in total. The molecule has 124 valence electrons. The van der Waals surface area contributed by atoms with Crippen LogP contribution in [0.1, 0.15) is 57.3 Å². The van der Waals surface area contributed by atoms with Gasteiger partial charge in [0, 0.05) is 25.3 Å². The summed E-state index contributed by atoms with van der Waals surface area (Å²) in [5.74, 6) is 2.21. The van der Waals surface area contributed by atoms with Gasteiger partial charge in [-0.1, -0.05) is 19.0 Å². The van der Waals surface area contributed by atoms with E-state index in [1.807, 2.05) is 30.6 Å². The van der Waals surface area contributed by atoms with Crippen LogP contribution in [0.15, 0.2) is 4.52 Å². The fraction of sp³-hybridized carbons (Fsp3) is 0.800. The predicted octanol–water partition coefficient (Wildman–Crippen LogP) is 3.14. The molecule has 3 atom stereocenters. The smallest absolute Gasteiger partial charge is 0.317 e. The van der Waals surface area contributed by atoms with E-state index in [0.717, 1.165) is 25.0 Å². The summed E-state index contributed by atoms with van der Waals surface area (Å²) in [6.07, 6.45) is 4.10. The average Bonchev–Trinajstić information content (AvgIpc) is 3.13. The molecule has 1 aliphatic rings. The van der Waals surface area contributed by atoms with Gasteiger partial charge in [0.2, 0.25) is 5.89 Å². The largest absolute Gasteiger partial charge is 0.340 e. The zero-order valence-electron chi connectivity index (χ0n) is 13.8. The van der Waals surface area contributed by atoms with Crippen molar-refractivity contribution in [1.82, 2.24) is 20.4 Å². The van der Waals surface area contributed by atoms with Crippen LogP contribution < -0.4 is 5.32 Å². The molecule has 1 fully saturated rings. The van der Waals surface area contributed by atoms with E-state index in [-0.39, 0.29) is 12.1 Å². The number of aromatic nitrogens is 2. The lowest BCUT2D eigenvalue weighted by Gasteiger charge is -2.26. The lowest BCUT2D eigenvalue weighted by Crippen LogP contribution is -2.44. The highest BCUT2D eigenvalue weighted by atomic mass is 32.2. The van der Waals surface area contributed by atoms with Crippen molar-refractivity contribution in [2.75, 3.05) is 12.8 Å². The molecule has 2 amide bonds. The first-order valence-corrected chi connectivity index (χ1v) is 9.05. The van der Waals surface area contributed by atoms with E-state index in [9.17, 15) is 4.79 Å². The molecule has 22 heavy (non-hydrogen) atoms. The molecule has 2 rings (SSSR count). The first kappa shape index (κ1) is 17.1. The van der Waals surface area contributed by atoms with Crippen molar-refractivity contribution in [3.05, 3.63) is 11.7 Å². The zero-order valence-corrected chi connectivity index (χ0v) is 14.7. The van der Waals surface area contributed by atoms with Crippen LogP contribution >= 0.6 is 11.8 Å². The van der Waals surface area contributed by atoms with Crippen molar-refractivity contribution in [1.29, 1.82) is 0 Å². The molecule has 1 aromatic heterocycles. The van der Waals surface area contributed by atoms with E-state index >= 15 is 0 Å². The molecule has 1 heterocycles. The van der Waals surface area contributed by atoms with Gasteiger partial charge in [-0.15, -0.1) is 0 Å². The summed E-state index contributed by atoms with van der Waals surface area (Å²) >= 11 is 2.00. The minimum Gasteiger partial charge on any atom is -0.340 e. The van der Waals surface area contributed by atoms with Crippen LogP contribution in [0.2, 0.25) is 0 Å². The second-order valence-corrected chi connectivity index (χ2v) is 7.31. The number of thioether (sulfide) groups is 1. The van der Waals surface area contributed by atoms with Gasteiger partial charge in [0.1, 0.15) is 0 Å². The molecule has 6 nitrogen and oxygen atoms in total. The van der Waals surface area contributed by atoms with Crippen LogP contribution in [0, 0.1) is 6.92 Å². The maximum absolute atomic E-state index is 12.5. The third kappa shape index (κ3) is 4.15. The summed E-state index contributed by atoms with van der Waals surface area (Å²) in [5.41, 5.74) is 0. The fourth-order valence-corrected chi connectivity index (χ4v) is 4.01. The van der Waals surface area contributed by atoms with Gasteiger partial charge in [-0.25, -0.2) is 4.79 Å². The van der Waals surface area contributed by atoms with Crippen molar-refractivity contribution >= 4 is 17.8 Å². The van der Waals surface area contributed by atoms with Crippen molar-refractivity contribution in [3.63, 3.8) is 0 Å². The lowest BCUT2D eigenvalue weighted by atomic mass is 10.2. The Morgan fingerprint density at radius 3 is 2.86 bits per heavy atom. The summed E-state index contributed by atoms with van der Waals surface area (Å²) in [6.45, 7) is 5.94. The number of rotatable bonds is 6. The number of aryl methyl sites for hydroxylation is 1. The Bertz CT molecular complexity index is 494. The first-order chi connectivity index (χ1) is 10.5. The molecule has 0 aliphatic heterocycles. The fourth-order valence-electron chi connectivity index (χ4n) is 2.88. The summed E-state index contributed by atoms with van der Waals surface area (Å²) in [7, 11) is 1.88. The number of nitrogens with one attached hydrogen (secondary N) is 1. The molecule has 1 aliphatic carbocycles. The van der Waals surface area contributed by atoms with E-state index in [2.05, 4.69) is 22.4 Å². The molecular weight excluding hydrogens is 300 g/mol. The van der Waals surface area contributed by atoms with Crippen LogP contribution in [0.3, 0.4) is 0 Å². The SMILES string of the molecule is CCS[C@@H]1CC[C@@H](N(C)C(=O)N[C@@H](CC)c2noc(C)n2)C1. The van der Waals surface area contributed by atoms with E-state index < -0.39 is 0 Å². The standard InChI is InChI=1S/C15H26N4O2S/c1-5-13(14-16-10(3)21-18-14)17-15(20)19(4)11-7-8-12(9-11)22-6-2/h11-13H,5-9H2,1-4H3,(H,17,20)/t11-,12-,13+/m1/s1. The van der Waals surface area contributed by atoms with Gasteiger partial charge in [-0.2, -0.15) is 16.7 Å². The molecule has 0 unspecified atom stereocenters. The molecule has 1 saturated carbocycles. The van der Waals surface area contributed by atoms with Crippen LogP contribution in [0.5, 0.6) is 0 Å². The molecule has 0 aromatic carbocycles. The molecule has 0 saturated heterocycles. The Kier molecular flexibility index (Phi) is 6.11. The number of carbonyl (C=O) groups is 1. The predicted molar refractivity (Wildman–Crippen MR) is 87.9 cm³/mol. The van der Waals surface area contributed by atoms with Crippen molar-refractivity contribution in [2.45, 2.75) is 63.8 Å². The molecule has 0 radical (unpaired) electrons. The average molecular weight is 326 g/mol. The molecule has 0 bridgehead atoms. The normalized spacial score (nSPS) is 22.5. The minimum atomic E-state index is -0.199. The van der Waals surface area contributed by atoms with Crippen LogP contribution in [0.4, 0.5) is 4.79 Å². The number of hydrogen-bond acceptors (Lipinski definition) is 5. The van der Waals surface area contributed by atoms with E-state index in [0.29, 0.717) is 23.0 Å². The zero-order chi connectivity index (χ0) is 16.1. The lowest BCUT2D eigenvalue weighted by molar-refractivity contribution is 0.186. The van der Waals surface area contributed by atoms with E-state index in [4.69, 9.17) is 4.52 Å². The Hall–Kier alpha value is -1.24. The van der Waals surface area contributed by atoms with Gasteiger partial charge >= 0.3 is 6.03 Å². The minimum absolute atomic E-state index is 0.0542. The Morgan fingerprint density at radius 2 is 2.27 bits per heavy atom. The Morgan fingerprint density at radius 1 is 1.50 bits per heavy atom. The van der Waals surface area contributed by atoms with Gasteiger partial charge in [0.15, 0.2) is 5.82 Å². The topological polar surface area (TPSA) is 71.3 Å². The highest BCUT2D eigenvalue weighted by Gasteiger charge is 2.31. The van der Waals surface area contributed by atoms with Crippen LogP contribution in [-0.4, -0.2) is 45.2 Å². The number of carbonyl (C=O) groups excluding carboxylic acids is 1. The maximum atomic E-state index is 12.5. The Labute approximate surface area is 136 Å². The van der Waals surface area contributed by atoms with Gasteiger partial charge in [-0.05, 0) is 31.4 Å². The van der Waals surface area contributed by atoms with Crippen molar-refractivity contribution < 1.29 is 9.32 Å². The van der Waals surface area contributed by atoms with Gasteiger partial charge < -0.3 is 14.7 Å². The summed E-state index contributed by atoms with van der Waals surface area (Å²) < 4.78 is 5.00. The third-order valence-corrected chi connectivity index (χ3v) is 5.42. The first-order valence-electron chi connectivity index (χ1n) is 8.00. The highest BCUT2D eigenvalue weighted by Crippen LogP contribution is 2.32. The number of nitrogens with zero attached hydrogens (tertiary/aromatic N) is 3. The van der Waals surface area contributed by atoms with Gasteiger partial charge in [0.25, 0.3) is 0 Å². The van der Waals surface area contributed by atoms with Crippen molar-refractivity contribution in [3.8, 4) is 0 Å². The van der Waals surface area contributed by atoms with Gasteiger partial charge in [0.05, 0.1) is 6.04 Å². The summed E-state index contributed by atoms with van der Waals surface area (Å²) in [5, 5.41) is 7.61. The van der Waals surface area contributed by atoms with Gasteiger partial charge in [-0.3, -0.25) is 0 Å². The molecular formula is C15H26N4O2S. The summed E-state index contributed by atoms with van der Waals surface area (Å²) in [6, 6.07) is 0.0737. The van der Waals surface area contributed by atoms with E-state index in [1.54, 1.807) is 6.92 Å². The van der Waals surface area contributed by atoms with Crippen LogP contribution in [0.25, 0.3) is 0 Å². The van der Waals surface area contributed by atoms with Crippen LogP contribution in [-0.2, 0) is 0 Å². The molecule has 0 spiro atoms. The number of hydrogen-bond donors (Lipinski definition) is 1. The Balaban J connectivity index is 1.90. The maximum Gasteiger partial charge on any atom is 0.317 e. The summed E-state index contributed by atoms with van der Waals surface area (Å²) in [4.78, 5) is 18.5. The van der Waals surface area contributed by atoms with E-state index in [1.165, 1.54) is 6.42 Å². The molecule has 7 heteroatoms. The number of amides is 2. The second kappa shape index (κ2) is 7.85. The quantitative estimate of drug-likeness (QED) is 0.869. The van der Waals surface area contributed by atoms with Crippen molar-refractivity contribution in [2.24, 2.45) is 0 Å². The highest BCUT2D eigenvalue weighted by molar-refractivity contribution is 7.99. The monoisotopic (exact) mass is 326 g/mol. The second-order valence-electron chi connectivity index (χ2n) is 5.74. The number of urea groups is 1. The molecule has 1 aromatic rings. The third-order valence-electron chi connectivity index (χ3n) is 4.19.